The molecule has 2 rings (SSSR count). The van der Waals surface area contributed by atoms with Crippen molar-refractivity contribution in [1.82, 2.24) is 14.3 Å². The van der Waals surface area contributed by atoms with Crippen LogP contribution in [-0.4, -0.2) is 20.7 Å². The van der Waals surface area contributed by atoms with Crippen LogP contribution in [0.15, 0.2) is 29.1 Å². The lowest BCUT2D eigenvalue weighted by Crippen LogP contribution is -2.21. The molecule has 0 saturated heterocycles. The summed E-state index contributed by atoms with van der Waals surface area (Å²) in [5, 5.41) is 3.60. The molecule has 9 heteroatoms. The predicted molar refractivity (Wildman–Crippen MR) is 60.5 cm³/mol. The van der Waals surface area contributed by atoms with Gasteiger partial charge in [0, 0.05) is 7.05 Å². The molecule has 1 aromatic carbocycles. The quantitative estimate of drug-likeness (QED) is 0.852. The van der Waals surface area contributed by atoms with Gasteiger partial charge in [-0.1, -0.05) is 0 Å². The monoisotopic (exact) mass is 293 g/mol. The third-order valence-corrected chi connectivity index (χ3v) is 2.46. The minimum Gasteiger partial charge on any atom is -0.406 e. The molecule has 0 unspecified atom stereocenters. The number of aryl methyl sites for hydroxylation is 1. The van der Waals surface area contributed by atoms with Gasteiger partial charge in [-0.05, 0) is 35.9 Å². The fraction of sp³-hybridized carbons (Fsp3) is 0.200. The highest BCUT2D eigenvalue weighted by molar-refractivity contribution is 6.28. The van der Waals surface area contributed by atoms with Crippen molar-refractivity contribution >= 4 is 11.6 Å². The second-order valence-electron chi connectivity index (χ2n) is 3.55. The normalized spacial score (nSPS) is 11.6. The zero-order valence-corrected chi connectivity index (χ0v) is 10.2. The lowest BCUT2D eigenvalue weighted by molar-refractivity contribution is -0.274. The standard InChI is InChI=1S/C10H7ClF3N3O2/c1-16-9(18)17(8(11)15-16)6-2-4-7(5-3-6)19-10(12,13)14/h2-5H,1H3. The van der Waals surface area contributed by atoms with Gasteiger partial charge in [0.2, 0.25) is 5.28 Å². The Morgan fingerprint density at radius 3 is 2.26 bits per heavy atom. The summed E-state index contributed by atoms with van der Waals surface area (Å²) in [6, 6.07) is 4.71. The van der Waals surface area contributed by atoms with Crippen molar-refractivity contribution in [2.24, 2.45) is 7.05 Å². The van der Waals surface area contributed by atoms with E-state index in [0.717, 1.165) is 21.4 Å². The van der Waals surface area contributed by atoms with Crippen LogP contribution < -0.4 is 10.4 Å². The summed E-state index contributed by atoms with van der Waals surface area (Å²) in [5.74, 6) is -0.385. The first-order chi connectivity index (χ1) is 8.78. The van der Waals surface area contributed by atoms with E-state index in [0.29, 0.717) is 0 Å². The van der Waals surface area contributed by atoms with E-state index in [-0.39, 0.29) is 16.7 Å². The molecule has 0 spiro atoms. The summed E-state index contributed by atoms with van der Waals surface area (Å²) in [7, 11) is 1.41. The fourth-order valence-corrected chi connectivity index (χ4v) is 1.73. The van der Waals surface area contributed by atoms with Crippen LogP contribution in [0.2, 0.25) is 5.28 Å². The number of alkyl halides is 3. The average Bonchev–Trinajstić information content (AvgIpc) is 2.53. The van der Waals surface area contributed by atoms with Gasteiger partial charge in [0.1, 0.15) is 5.75 Å². The van der Waals surface area contributed by atoms with E-state index in [9.17, 15) is 18.0 Å². The van der Waals surface area contributed by atoms with Gasteiger partial charge in [-0.2, -0.15) is 0 Å². The van der Waals surface area contributed by atoms with Crippen LogP contribution >= 0.6 is 11.6 Å². The SMILES string of the molecule is Cn1nc(Cl)n(-c2ccc(OC(F)(F)F)cc2)c1=O. The smallest absolute Gasteiger partial charge is 0.406 e. The number of nitrogens with zero attached hydrogens (tertiary/aromatic N) is 3. The molecule has 1 heterocycles. The zero-order chi connectivity index (χ0) is 14.2. The molecule has 102 valence electrons. The van der Waals surface area contributed by atoms with Gasteiger partial charge in [0.25, 0.3) is 0 Å². The number of halogens is 4. The Kier molecular flexibility index (Phi) is 3.27. The second kappa shape index (κ2) is 4.61. The highest BCUT2D eigenvalue weighted by atomic mass is 35.5. The Labute approximate surface area is 109 Å². The molecule has 0 bridgehead atoms. The van der Waals surface area contributed by atoms with Gasteiger partial charge in [-0.15, -0.1) is 18.3 Å². The molecule has 0 amide bonds. The van der Waals surface area contributed by atoms with Crippen molar-refractivity contribution in [2.75, 3.05) is 0 Å². The third kappa shape index (κ3) is 2.90. The maximum atomic E-state index is 12.0. The zero-order valence-electron chi connectivity index (χ0n) is 9.48. The molecule has 1 aromatic heterocycles. The van der Waals surface area contributed by atoms with E-state index in [1.54, 1.807) is 0 Å². The summed E-state index contributed by atoms with van der Waals surface area (Å²) in [5.41, 5.74) is -0.216. The highest BCUT2D eigenvalue weighted by Crippen LogP contribution is 2.23. The van der Waals surface area contributed by atoms with E-state index in [1.165, 1.54) is 19.2 Å². The second-order valence-corrected chi connectivity index (χ2v) is 3.89. The van der Waals surface area contributed by atoms with Gasteiger partial charge >= 0.3 is 12.1 Å². The van der Waals surface area contributed by atoms with Crippen LogP contribution in [0.25, 0.3) is 5.69 Å². The van der Waals surface area contributed by atoms with Crippen molar-refractivity contribution in [2.45, 2.75) is 6.36 Å². The van der Waals surface area contributed by atoms with E-state index in [4.69, 9.17) is 11.6 Å². The number of hydrogen-bond donors (Lipinski definition) is 0. The number of rotatable bonds is 2. The summed E-state index contributed by atoms with van der Waals surface area (Å²) in [6.07, 6.45) is -4.76. The van der Waals surface area contributed by atoms with Crippen LogP contribution in [-0.2, 0) is 7.05 Å². The van der Waals surface area contributed by atoms with Crippen molar-refractivity contribution in [3.05, 3.63) is 40.0 Å². The summed E-state index contributed by atoms with van der Waals surface area (Å²) < 4.78 is 41.7. The van der Waals surface area contributed by atoms with E-state index >= 15 is 0 Å². The molecule has 0 atom stereocenters. The van der Waals surface area contributed by atoms with Gasteiger partial charge in [-0.25, -0.2) is 14.0 Å². The van der Waals surface area contributed by atoms with Crippen LogP contribution in [0.5, 0.6) is 5.75 Å². The molecule has 0 aliphatic carbocycles. The molecule has 0 radical (unpaired) electrons. The van der Waals surface area contributed by atoms with Gasteiger partial charge in [0.05, 0.1) is 5.69 Å². The van der Waals surface area contributed by atoms with Crippen LogP contribution in [0.4, 0.5) is 13.2 Å². The Morgan fingerprint density at radius 2 is 1.84 bits per heavy atom. The molecule has 0 saturated carbocycles. The molecule has 0 aliphatic rings. The molecule has 0 aliphatic heterocycles. The number of benzene rings is 1. The Bertz CT molecular complexity index is 646. The average molecular weight is 294 g/mol. The third-order valence-electron chi connectivity index (χ3n) is 2.21. The minimum absolute atomic E-state index is 0.0861. The van der Waals surface area contributed by atoms with Crippen LogP contribution in [0.3, 0.4) is 0 Å². The molecule has 0 fully saturated rings. The summed E-state index contributed by atoms with van der Waals surface area (Å²) >= 11 is 5.75. The highest BCUT2D eigenvalue weighted by Gasteiger charge is 2.31. The molecular weight excluding hydrogens is 287 g/mol. The van der Waals surface area contributed by atoms with E-state index in [2.05, 4.69) is 9.84 Å². The van der Waals surface area contributed by atoms with Gasteiger partial charge < -0.3 is 4.74 Å². The van der Waals surface area contributed by atoms with E-state index in [1.807, 2.05) is 0 Å². The molecule has 5 nitrogen and oxygen atoms in total. The summed E-state index contributed by atoms with van der Waals surface area (Å²) in [4.78, 5) is 11.7. The van der Waals surface area contributed by atoms with Crippen molar-refractivity contribution in [3.63, 3.8) is 0 Å². The maximum Gasteiger partial charge on any atom is 0.573 e. The lowest BCUT2D eigenvalue weighted by Gasteiger charge is -2.09. The first-order valence-electron chi connectivity index (χ1n) is 4.95. The Hall–Kier alpha value is -1.96. The number of hydrogen-bond acceptors (Lipinski definition) is 3. The van der Waals surface area contributed by atoms with E-state index < -0.39 is 12.1 Å². The fourth-order valence-electron chi connectivity index (χ4n) is 1.45. The molecule has 19 heavy (non-hydrogen) atoms. The molecular formula is C10H7ClF3N3O2. The lowest BCUT2D eigenvalue weighted by atomic mass is 10.3. The largest absolute Gasteiger partial charge is 0.573 e. The molecule has 2 aromatic rings. The van der Waals surface area contributed by atoms with Crippen LogP contribution in [0, 0.1) is 0 Å². The Morgan fingerprint density at radius 1 is 1.26 bits per heavy atom. The van der Waals surface area contributed by atoms with Gasteiger partial charge in [-0.3, -0.25) is 0 Å². The number of ether oxygens (including phenoxy) is 1. The maximum absolute atomic E-state index is 12.0. The van der Waals surface area contributed by atoms with Crippen molar-refractivity contribution in [3.8, 4) is 11.4 Å². The molecule has 0 N–H and O–H groups in total. The number of aromatic nitrogens is 3. The first kappa shape index (κ1) is 13.5. The van der Waals surface area contributed by atoms with Crippen LogP contribution in [0.1, 0.15) is 0 Å². The first-order valence-corrected chi connectivity index (χ1v) is 5.33. The van der Waals surface area contributed by atoms with Gasteiger partial charge in [0.15, 0.2) is 0 Å². The predicted octanol–water partition coefficient (Wildman–Crippen LogP) is 2.12. The Balaban J connectivity index is 2.35. The van der Waals surface area contributed by atoms with Crippen molar-refractivity contribution in [1.29, 1.82) is 0 Å². The minimum atomic E-state index is -4.76. The topological polar surface area (TPSA) is 49.0 Å². The summed E-state index contributed by atoms with van der Waals surface area (Å²) in [6.45, 7) is 0. The van der Waals surface area contributed by atoms with Crippen molar-refractivity contribution < 1.29 is 17.9 Å².